The number of nitrogens with zero attached hydrogens (tertiary/aromatic N) is 2. The van der Waals surface area contributed by atoms with Crippen molar-refractivity contribution in [2.75, 3.05) is 11.9 Å². The summed E-state index contributed by atoms with van der Waals surface area (Å²) in [6, 6.07) is 22.8. The highest BCUT2D eigenvalue weighted by molar-refractivity contribution is 8.01. The predicted molar refractivity (Wildman–Crippen MR) is 164 cm³/mol. The first-order valence-corrected chi connectivity index (χ1v) is 15.3. The standard InChI is InChI=1S/C32H30N4O4S2/c1-3-16-32(24-9-5-4-6-10-24)29(39)36(30(40)35-32)20-27(37)22-12-14-25(15-13-22)34-28(38)21(2)23-8-7-11-26(19-23)42-31-33-17-18-41-31/h4-15,17-19,21H,3,16,20H2,1-2H3,(H,34,38)(H,35,40). The van der Waals surface area contributed by atoms with E-state index in [0.29, 0.717) is 29.7 Å². The van der Waals surface area contributed by atoms with Crippen LogP contribution in [0.4, 0.5) is 10.5 Å². The first-order valence-electron chi connectivity index (χ1n) is 13.6. The van der Waals surface area contributed by atoms with Crippen molar-refractivity contribution < 1.29 is 19.2 Å². The molecule has 8 nitrogen and oxygen atoms in total. The van der Waals surface area contributed by atoms with Gasteiger partial charge in [-0.2, -0.15) is 0 Å². The van der Waals surface area contributed by atoms with Crippen LogP contribution in [-0.4, -0.2) is 40.1 Å². The van der Waals surface area contributed by atoms with Gasteiger partial charge in [0.1, 0.15) is 5.54 Å². The van der Waals surface area contributed by atoms with Crippen molar-refractivity contribution in [3.8, 4) is 0 Å². The van der Waals surface area contributed by atoms with Gasteiger partial charge in [-0.3, -0.25) is 19.3 Å². The molecular formula is C32H30N4O4S2. The molecule has 42 heavy (non-hydrogen) atoms. The summed E-state index contributed by atoms with van der Waals surface area (Å²) in [5.41, 5.74) is 1.26. The summed E-state index contributed by atoms with van der Waals surface area (Å²) in [6.07, 6.45) is 2.86. The molecule has 1 aliphatic rings. The molecule has 1 fully saturated rings. The Morgan fingerprint density at radius 3 is 2.50 bits per heavy atom. The summed E-state index contributed by atoms with van der Waals surface area (Å²) in [4.78, 5) is 58.8. The van der Waals surface area contributed by atoms with Crippen LogP contribution >= 0.6 is 23.1 Å². The van der Waals surface area contributed by atoms with Gasteiger partial charge in [-0.05, 0) is 60.9 Å². The van der Waals surface area contributed by atoms with Crippen LogP contribution in [-0.2, 0) is 15.1 Å². The van der Waals surface area contributed by atoms with Gasteiger partial charge in [0.05, 0.1) is 12.5 Å². The number of carbonyl (C=O) groups excluding carboxylic acids is 4. The van der Waals surface area contributed by atoms with Gasteiger partial charge in [0.15, 0.2) is 10.1 Å². The SMILES string of the molecule is CCCC1(c2ccccc2)NC(=O)N(CC(=O)c2ccc(NC(=O)C(C)c3cccc(Sc4nccs4)c3)cc2)C1=O. The third kappa shape index (κ3) is 6.14. The van der Waals surface area contributed by atoms with Crippen LogP contribution in [0.1, 0.15) is 54.1 Å². The first kappa shape index (κ1) is 29.2. The van der Waals surface area contributed by atoms with Crippen LogP contribution in [0.5, 0.6) is 0 Å². The number of hydrogen-bond donors (Lipinski definition) is 2. The van der Waals surface area contributed by atoms with Gasteiger partial charge in [0.2, 0.25) is 5.91 Å². The van der Waals surface area contributed by atoms with Crippen LogP contribution in [0, 0.1) is 0 Å². The minimum atomic E-state index is -1.18. The van der Waals surface area contributed by atoms with Crippen molar-refractivity contribution in [1.82, 2.24) is 15.2 Å². The van der Waals surface area contributed by atoms with Gasteiger partial charge in [-0.25, -0.2) is 9.78 Å². The maximum atomic E-state index is 13.5. The third-order valence-corrected chi connectivity index (χ3v) is 9.08. The summed E-state index contributed by atoms with van der Waals surface area (Å²) in [6.45, 7) is 3.41. The number of imide groups is 1. The molecular weight excluding hydrogens is 569 g/mol. The normalized spacial score (nSPS) is 17.1. The molecule has 1 aliphatic heterocycles. The monoisotopic (exact) mass is 598 g/mol. The van der Waals surface area contributed by atoms with E-state index in [4.69, 9.17) is 0 Å². The molecule has 0 bridgehead atoms. The molecule has 10 heteroatoms. The lowest BCUT2D eigenvalue weighted by Gasteiger charge is -2.26. The Morgan fingerprint density at radius 1 is 1.05 bits per heavy atom. The van der Waals surface area contributed by atoms with E-state index in [-0.39, 0.29) is 18.2 Å². The number of rotatable bonds is 11. The minimum Gasteiger partial charge on any atom is -0.326 e. The Bertz CT molecular complexity index is 1590. The summed E-state index contributed by atoms with van der Waals surface area (Å²) in [7, 11) is 0. The van der Waals surface area contributed by atoms with Crippen LogP contribution < -0.4 is 10.6 Å². The quantitative estimate of drug-likeness (QED) is 0.151. The van der Waals surface area contributed by atoms with Gasteiger partial charge in [-0.1, -0.05) is 67.6 Å². The molecule has 3 aromatic carbocycles. The van der Waals surface area contributed by atoms with E-state index in [1.165, 1.54) is 0 Å². The lowest BCUT2D eigenvalue weighted by atomic mass is 9.85. The van der Waals surface area contributed by atoms with Crippen LogP contribution in [0.25, 0.3) is 0 Å². The lowest BCUT2D eigenvalue weighted by Crippen LogP contribution is -2.44. The molecule has 0 aliphatic carbocycles. The second kappa shape index (κ2) is 12.7. The second-order valence-electron chi connectivity index (χ2n) is 10.0. The van der Waals surface area contributed by atoms with Crippen molar-refractivity contribution in [2.45, 2.75) is 47.4 Å². The highest BCUT2D eigenvalue weighted by Gasteiger charge is 2.52. The Balaban J connectivity index is 1.22. The molecule has 4 aromatic rings. The average molecular weight is 599 g/mol. The fourth-order valence-electron chi connectivity index (χ4n) is 4.96. The molecule has 1 aromatic heterocycles. The van der Waals surface area contributed by atoms with E-state index in [0.717, 1.165) is 19.7 Å². The first-order chi connectivity index (χ1) is 20.3. The number of Topliss-reactive ketones (excluding diaryl/α,β-unsaturated/α-hetero) is 1. The average Bonchev–Trinajstić information content (AvgIpc) is 3.60. The highest BCUT2D eigenvalue weighted by atomic mass is 32.2. The molecule has 214 valence electrons. The maximum Gasteiger partial charge on any atom is 0.325 e. The molecule has 0 radical (unpaired) electrons. The molecule has 0 saturated carbocycles. The number of urea groups is 1. The number of aromatic nitrogens is 1. The Labute approximate surface area is 252 Å². The molecule has 2 N–H and O–H groups in total. The number of ketones is 1. The number of amides is 4. The fourth-order valence-corrected chi connectivity index (χ4v) is 6.63. The van der Waals surface area contributed by atoms with Crippen molar-refractivity contribution in [2.24, 2.45) is 0 Å². The van der Waals surface area contributed by atoms with E-state index >= 15 is 0 Å². The van der Waals surface area contributed by atoms with Gasteiger partial charge >= 0.3 is 6.03 Å². The largest absolute Gasteiger partial charge is 0.326 e. The number of hydrogen-bond acceptors (Lipinski definition) is 7. The molecule has 2 unspecified atom stereocenters. The summed E-state index contributed by atoms with van der Waals surface area (Å²) < 4.78 is 0.935. The van der Waals surface area contributed by atoms with E-state index in [1.807, 2.05) is 73.8 Å². The zero-order valence-corrected chi connectivity index (χ0v) is 24.8. The van der Waals surface area contributed by atoms with E-state index in [9.17, 15) is 19.2 Å². The van der Waals surface area contributed by atoms with E-state index in [1.54, 1.807) is 53.6 Å². The van der Waals surface area contributed by atoms with Crippen LogP contribution in [0.15, 0.2) is 99.7 Å². The Kier molecular flexibility index (Phi) is 8.84. The molecule has 2 heterocycles. The molecule has 5 rings (SSSR count). The van der Waals surface area contributed by atoms with Crippen molar-refractivity contribution in [3.63, 3.8) is 0 Å². The van der Waals surface area contributed by atoms with Gasteiger partial charge in [0, 0.05) is 27.7 Å². The smallest absolute Gasteiger partial charge is 0.325 e. The van der Waals surface area contributed by atoms with Gasteiger partial charge in [-0.15, -0.1) is 11.3 Å². The minimum absolute atomic E-state index is 0.182. The topological polar surface area (TPSA) is 108 Å². The Morgan fingerprint density at radius 2 is 1.81 bits per heavy atom. The number of thiazole rings is 1. The van der Waals surface area contributed by atoms with Crippen molar-refractivity contribution >= 4 is 52.4 Å². The Hall–Kier alpha value is -4.28. The fraction of sp³-hybridized carbons (Fsp3) is 0.219. The van der Waals surface area contributed by atoms with Crippen LogP contribution in [0.2, 0.25) is 0 Å². The number of nitrogens with one attached hydrogen (secondary N) is 2. The maximum absolute atomic E-state index is 13.5. The second-order valence-corrected chi connectivity index (χ2v) is 12.2. The molecule has 0 spiro atoms. The van der Waals surface area contributed by atoms with E-state index < -0.39 is 23.4 Å². The number of anilines is 1. The van der Waals surface area contributed by atoms with Gasteiger partial charge < -0.3 is 10.6 Å². The van der Waals surface area contributed by atoms with Crippen molar-refractivity contribution in [3.05, 3.63) is 107 Å². The summed E-state index contributed by atoms with van der Waals surface area (Å²) in [5, 5.41) is 7.67. The van der Waals surface area contributed by atoms with E-state index in [2.05, 4.69) is 15.6 Å². The number of carbonyl (C=O) groups is 4. The molecule has 1 saturated heterocycles. The zero-order chi connectivity index (χ0) is 29.7. The summed E-state index contributed by atoms with van der Waals surface area (Å²) in [5.74, 6) is -1.39. The predicted octanol–water partition coefficient (Wildman–Crippen LogP) is 6.47. The van der Waals surface area contributed by atoms with Gasteiger partial charge in [0.25, 0.3) is 5.91 Å². The lowest BCUT2D eigenvalue weighted by molar-refractivity contribution is -0.131. The molecule has 2 atom stereocenters. The van der Waals surface area contributed by atoms with Crippen molar-refractivity contribution in [1.29, 1.82) is 0 Å². The highest BCUT2D eigenvalue weighted by Crippen LogP contribution is 2.34. The van der Waals surface area contributed by atoms with Crippen LogP contribution in [0.3, 0.4) is 0 Å². The number of benzene rings is 3. The zero-order valence-electron chi connectivity index (χ0n) is 23.2. The third-order valence-electron chi connectivity index (χ3n) is 7.21. The summed E-state index contributed by atoms with van der Waals surface area (Å²) >= 11 is 3.11. The molecule has 4 amide bonds.